The molecule has 0 spiro atoms. The Morgan fingerprint density at radius 2 is 1.78 bits per heavy atom. The van der Waals surface area contributed by atoms with Gasteiger partial charge in [-0.05, 0) is 72.5 Å². The van der Waals surface area contributed by atoms with Crippen molar-refractivity contribution in [2.45, 2.75) is 49.8 Å². The van der Waals surface area contributed by atoms with Crippen LogP contribution >= 0.6 is 12.0 Å². The molecule has 2 heterocycles. The number of aliphatic hydroxyl groups is 1. The molecule has 1 amide bonds. The lowest BCUT2D eigenvalue weighted by atomic mass is 9.97. The van der Waals surface area contributed by atoms with Crippen molar-refractivity contribution in [2.75, 3.05) is 63.2 Å². The molecule has 0 bridgehead atoms. The van der Waals surface area contributed by atoms with Crippen LogP contribution in [0.25, 0.3) is 11.1 Å². The summed E-state index contributed by atoms with van der Waals surface area (Å²) >= 11 is 1.25. The van der Waals surface area contributed by atoms with E-state index >= 15 is 0 Å². The summed E-state index contributed by atoms with van der Waals surface area (Å²) in [5.41, 5.74) is 10.6. The van der Waals surface area contributed by atoms with E-state index in [2.05, 4.69) is 53.6 Å². The Kier molecular flexibility index (Phi) is 12.4. The molecule has 0 aliphatic carbocycles. The van der Waals surface area contributed by atoms with Crippen LogP contribution in [-0.2, 0) is 20.6 Å². The fourth-order valence-corrected chi connectivity index (χ4v) is 6.00. The lowest BCUT2D eigenvalue weighted by Crippen LogP contribution is -2.49. The summed E-state index contributed by atoms with van der Waals surface area (Å²) in [6.45, 7) is 9.47. The highest BCUT2D eigenvalue weighted by Gasteiger charge is 2.26. The van der Waals surface area contributed by atoms with Gasteiger partial charge in [-0.15, -0.1) is 0 Å². The van der Waals surface area contributed by atoms with Crippen LogP contribution in [0.3, 0.4) is 0 Å². The summed E-state index contributed by atoms with van der Waals surface area (Å²) in [5.74, 6) is 1.11. The fourth-order valence-electron chi connectivity index (χ4n) is 5.43. The number of nitrogen functional groups attached to an aromatic ring is 1. The molecule has 3 unspecified atom stereocenters. The minimum Gasteiger partial charge on any atom is -0.444 e. The average Bonchev–Trinajstić information content (AvgIpc) is 3.57. The van der Waals surface area contributed by atoms with Crippen LogP contribution in [0.5, 0.6) is 5.75 Å². The number of rotatable bonds is 14. The van der Waals surface area contributed by atoms with Crippen LogP contribution in [0.1, 0.15) is 25.8 Å². The number of morpholine rings is 1. The van der Waals surface area contributed by atoms with Gasteiger partial charge in [-0.3, -0.25) is 0 Å². The van der Waals surface area contributed by atoms with Crippen LogP contribution < -0.4 is 25.5 Å². The molecule has 11 heteroatoms. The number of nitrogens with one attached hydrogen (secondary N) is 2. The quantitative estimate of drug-likeness (QED) is 0.142. The second kappa shape index (κ2) is 16.9. The normalized spacial score (nSPS) is 17.9. The van der Waals surface area contributed by atoms with E-state index in [-0.39, 0.29) is 6.10 Å². The summed E-state index contributed by atoms with van der Waals surface area (Å²) in [6, 6.07) is 21.4. The third kappa shape index (κ3) is 10.0. The lowest BCUT2D eigenvalue weighted by molar-refractivity contribution is 0.0688. The first-order valence-electron chi connectivity index (χ1n) is 16.0. The van der Waals surface area contributed by atoms with Gasteiger partial charge in [0.1, 0.15) is 11.9 Å². The molecule has 10 nitrogen and oxygen atoms in total. The number of nitrogens with two attached hydrogens (primary N) is 1. The number of anilines is 2. The molecule has 5 rings (SSSR count). The van der Waals surface area contributed by atoms with Crippen molar-refractivity contribution < 1.29 is 28.3 Å². The summed E-state index contributed by atoms with van der Waals surface area (Å²) in [7, 11) is 0. The van der Waals surface area contributed by atoms with Crippen molar-refractivity contribution in [3.63, 3.8) is 0 Å². The summed E-state index contributed by atoms with van der Waals surface area (Å²) < 4.78 is 22.8. The van der Waals surface area contributed by atoms with Crippen LogP contribution in [0.2, 0.25) is 0 Å². The smallest absolute Gasteiger partial charge is 0.407 e. The Labute approximate surface area is 276 Å². The predicted octanol–water partition coefficient (Wildman–Crippen LogP) is 4.89. The molecule has 2 aliphatic rings. The molecule has 3 aromatic carbocycles. The molecule has 248 valence electrons. The topological polar surface area (TPSA) is 128 Å². The van der Waals surface area contributed by atoms with Gasteiger partial charge in [-0.2, -0.15) is 0 Å². The molecule has 0 saturated carbocycles. The van der Waals surface area contributed by atoms with Gasteiger partial charge in [-0.1, -0.05) is 38.1 Å². The van der Waals surface area contributed by atoms with Crippen molar-refractivity contribution in [1.82, 2.24) is 10.6 Å². The lowest BCUT2D eigenvalue weighted by Gasteiger charge is -2.29. The van der Waals surface area contributed by atoms with Crippen molar-refractivity contribution >= 4 is 29.5 Å². The minimum absolute atomic E-state index is 0.281. The van der Waals surface area contributed by atoms with Gasteiger partial charge >= 0.3 is 6.09 Å². The van der Waals surface area contributed by atoms with Crippen LogP contribution in [0.4, 0.5) is 16.2 Å². The number of hydrogen-bond acceptors (Lipinski definition) is 10. The second-order valence-electron chi connectivity index (χ2n) is 12.2. The molecule has 3 atom stereocenters. The van der Waals surface area contributed by atoms with Gasteiger partial charge in [-0.25, -0.2) is 4.79 Å². The van der Waals surface area contributed by atoms with Crippen molar-refractivity contribution in [2.24, 2.45) is 5.92 Å². The molecular weight excluding hydrogens is 604 g/mol. The van der Waals surface area contributed by atoms with Crippen molar-refractivity contribution in [3.8, 4) is 16.9 Å². The van der Waals surface area contributed by atoms with Crippen LogP contribution in [0, 0.1) is 5.92 Å². The molecule has 3 aromatic rings. The summed E-state index contributed by atoms with van der Waals surface area (Å²) in [6.07, 6.45) is -0.642. The number of hydrogen-bond donors (Lipinski definition) is 4. The molecular formula is C35H46N4O6S. The summed E-state index contributed by atoms with van der Waals surface area (Å²) in [5, 5.41) is 17.4. The maximum atomic E-state index is 12.8. The number of alkyl carbamates (subject to hydrolysis) is 1. The first-order valence-corrected chi connectivity index (χ1v) is 16.8. The fraction of sp³-hybridized carbons (Fsp3) is 0.457. The molecule has 0 aromatic heterocycles. The first-order chi connectivity index (χ1) is 22.3. The highest BCUT2D eigenvalue weighted by atomic mass is 32.2. The zero-order chi connectivity index (χ0) is 32.3. The van der Waals surface area contributed by atoms with E-state index in [0.717, 1.165) is 60.1 Å². The first kappa shape index (κ1) is 33.9. The van der Waals surface area contributed by atoms with E-state index in [1.54, 1.807) is 0 Å². The second-order valence-corrected chi connectivity index (χ2v) is 13.0. The molecule has 2 aliphatic heterocycles. The Hall–Kier alpha value is -3.48. The SMILES string of the molecule is CC(C)CNCC(O)C(Cc1ccc(-c2ccc(N3CCOCC3)cc2)c(OSc2ccc(N)cc2)c1)NC(=O)OC1CCOC1. The van der Waals surface area contributed by atoms with Gasteiger partial charge in [0.15, 0.2) is 0 Å². The Morgan fingerprint density at radius 3 is 2.48 bits per heavy atom. The van der Waals surface area contributed by atoms with Crippen molar-refractivity contribution in [3.05, 3.63) is 72.3 Å². The zero-order valence-electron chi connectivity index (χ0n) is 26.7. The largest absolute Gasteiger partial charge is 0.444 e. The number of carbonyl (C=O) groups excluding carboxylic acids is 1. The number of nitrogens with zero attached hydrogens (tertiary/aromatic N) is 1. The van der Waals surface area contributed by atoms with Gasteiger partial charge in [0, 0.05) is 47.9 Å². The maximum absolute atomic E-state index is 12.8. The Bertz CT molecular complexity index is 1380. The molecule has 2 fully saturated rings. The molecule has 2 saturated heterocycles. The Balaban J connectivity index is 1.37. The number of amides is 1. The monoisotopic (exact) mass is 650 g/mol. The highest BCUT2D eigenvalue weighted by molar-refractivity contribution is 7.95. The van der Waals surface area contributed by atoms with Crippen molar-refractivity contribution in [1.29, 1.82) is 0 Å². The van der Waals surface area contributed by atoms with Gasteiger partial charge < -0.3 is 44.8 Å². The highest BCUT2D eigenvalue weighted by Crippen LogP contribution is 2.36. The van der Waals surface area contributed by atoms with E-state index in [4.69, 9.17) is 24.1 Å². The number of benzene rings is 3. The number of aliphatic hydroxyl groups excluding tert-OH is 1. The van der Waals surface area contributed by atoms with Gasteiger partial charge in [0.2, 0.25) is 0 Å². The van der Waals surface area contributed by atoms with Gasteiger partial charge in [0.25, 0.3) is 0 Å². The number of ether oxygens (including phenoxy) is 3. The van der Waals surface area contributed by atoms with E-state index in [0.29, 0.717) is 50.0 Å². The van der Waals surface area contributed by atoms with E-state index < -0.39 is 18.2 Å². The Morgan fingerprint density at radius 1 is 1.02 bits per heavy atom. The third-order valence-electron chi connectivity index (χ3n) is 8.00. The average molecular weight is 651 g/mol. The van der Waals surface area contributed by atoms with Crippen LogP contribution in [0.15, 0.2) is 71.6 Å². The maximum Gasteiger partial charge on any atom is 0.407 e. The van der Waals surface area contributed by atoms with Gasteiger partial charge in [0.05, 0.1) is 50.6 Å². The third-order valence-corrected chi connectivity index (χ3v) is 8.73. The van der Waals surface area contributed by atoms with E-state index in [1.165, 1.54) is 12.0 Å². The minimum atomic E-state index is -0.841. The summed E-state index contributed by atoms with van der Waals surface area (Å²) in [4.78, 5) is 16.1. The molecule has 5 N–H and O–H groups in total. The predicted molar refractivity (Wildman–Crippen MR) is 182 cm³/mol. The molecule has 46 heavy (non-hydrogen) atoms. The van der Waals surface area contributed by atoms with Crippen LogP contribution in [-0.4, -0.2) is 82.1 Å². The van der Waals surface area contributed by atoms with E-state index in [9.17, 15) is 9.90 Å². The number of carbonyl (C=O) groups is 1. The molecule has 0 radical (unpaired) electrons. The van der Waals surface area contributed by atoms with E-state index in [1.807, 2.05) is 42.5 Å². The zero-order valence-corrected chi connectivity index (χ0v) is 27.5. The standard InChI is InChI=1S/C35H46N4O6S/c1-24(2)21-37-22-33(40)32(38-35(41)44-29-13-16-43-23-29)19-25-3-12-31(34(20-25)45-46-30-10-6-27(36)7-11-30)26-4-8-28(9-5-26)39-14-17-42-18-15-39/h3-12,20,24,29,32-33,37,40H,13-19,21-23,36H2,1-2H3,(H,38,41).